The van der Waals surface area contributed by atoms with Gasteiger partial charge < -0.3 is 16.2 Å². The highest BCUT2D eigenvalue weighted by Gasteiger charge is 2.22. The zero-order valence-electron chi connectivity index (χ0n) is 9.69. The van der Waals surface area contributed by atoms with E-state index < -0.39 is 6.10 Å². The monoisotopic (exact) mass is 220 g/mol. The molecule has 1 aromatic rings. The highest BCUT2D eigenvalue weighted by molar-refractivity contribution is 5.52. The van der Waals surface area contributed by atoms with E-state index >= 15 is 0 Å². The van der Waals surface area contributed by atoms with E-state index in [1.807, 2.05) is 24.3 Å². The van der Waals surface area contributed by atoms with Crippen LogP contribution >= 0.6 is 0 Å². The van der Waals surface area contributed by atoms with Crippen LogP contribution in [0.1, 0.15) is 37.9 Å². The van der Waals surface area contributed by atoms with Crippen LogP contribution in [0.15, 0.2) is 24.3 Å². The van der Waals surface area contributed by atoms with E-state index in [9.17, 15) is 5.11 Å². The molecular weight excluding hydrogens is 200 g/mol. The molecule has 0 aliphatic heterocycles. The van der Waals surface area contributed by atoms with Gasteiger partial charge in [-0.2, -0.15) is 0 Å². The Labute approximate surface area is 96.7 Å². The van der Waals surface area contributed by atoms with Crippen LogP contribution in [0.2, 0.25) is 0 Å². The number of benzene rings is 1. The largest absolute Gasteiger partial charge is 0.389 e. The van der Waals surface area contributed by atoms with Crippen LogP contribution in [0.5, 0.6) is 0 Å². The third-order valence-electron chi connectivity index (χ3n) is 3.24. The van der Waals surface area contributed by atoms with E-state index in [-0.39, 0.29) is 0 Å². The van der Waals surface area contributed by atoms with Gasteiger partial charge in [0.2, 0.25) is 0 Å². The van der Waals surface area contributed by atoms with Crippen molar-refractivity contribution in [3.05, 3.63) is 29.8 Å². The molecule has 0 bridgehead atoms. The molecule has 0 heterocycles. The van der Waals surface area contributed by atoms with Crippen LogP contribution in [0.4, 0.5) is 5.69 Å². The standard InChI is InChI=1S/C13H20N2O/c1-9(16)12-4-2-3-5-13(12)15-11-7-6-10(14)8-11/h2-5,9-11,15-16H,6-8,14H2,1H3. The Hall–Kier alpha value is -1.06. The summed E-state index contributed by atoms with van der Waals surface area (Å²) >= 11 is 0. The molecule has 3 unspecified atom stereocenters. The minimum absolute atomic E-state index is 0.330. The molecule has 16 heavy (non-hydrogen) atoms. The van der Waals surface area contributed by atoms with Crippen LogP contribution in [-0.4, -0.2) is 17.2 Å². The van der Waals surface area contributed by atoms with Crippen molar-refractivity contribution >= 4 is 5.69 Å². The fourth-order valence-electron chi connectivity index (χ4n) is 2.36. The molecule has 1 aliphatic carbocycles. The number of hydrogen-bond acceptors (Lipinski definition) is 3. The lowest BCUT2D eigenvalue weighted by Crippen LogP contribution is -2.21. The number of aliphatic hydroxyl groups excluding tert-OH is 1. The minimum atomic E-state index is -0.432. The van der Waals surface area contributed by atoms with Gasteiger partial charge in [0.1, 0.15) is 0 Å². The summed E-state index contributed by atoms with van der Waals surface area (Å²) in [4.78, 5) is 0. The predicted molar refractivity (Wildman–Crippen MR) is 66.3 cm³/mol. The third-order valence-corrected chi connectivity index (χ3v) is 3.24. The normalized spacial score (nSPS) is 26.7. The molecule has 0 aromatic heterocycles. The van der Waals surface area contributed by atoms with E-state index in [1.54, 1.807) is 6.92 Å². The number of para-hydroxylation sites is 1. The lowest BCUT2D eigenvalue weighted by Gasteiger charge is -2.18. The summed E-state index contributed by atoms with van der Waals surface area (Å²) in [5.41, 5.74) is 7.89. The molecule has 0 spiro atoms. The molecule has 0 radical (unpaired) electrons. The quantitative estimate of drug-likeness (QED) is 0.730. The van der Waals surface area contributed by atoms with Crippen molar-refractivity contribution < 1.29 is 5.11 Å². The topological polar surface area (TPSA) is 58.3 Å². The number of nitrogens with one attached hydrogen (secondary N) is 1. The first kappa shape index (κ1) is 11.4. The molecule has 88 valence electrons. The molecule has 1 aliphatic rings. The highest BCUT2D eigenvalue weighted by Crippen LogP contribution is 2.27. The third kappa shape index (κ3) is 2.54. The number of aliphatic hydroxyl groups is 1. The Morgan fingerprint density at radius 3 is 2.75 bits per heavy atom. The van der Waals surface area contributed by atoms with Gasteiger partial charge in [-0.1, -0.05) is 18.2 Å². The maximum absolute atomic E-state index is 9.67. The second kappa shape index (κ2) is 4.85. The van der Waals surface area contributed by atoms with E-state index in [2.05, 4.69) is 5.32 Å². The molecule has 0 amide bonds. The van der Waals surface area contributed by atoms with Crippen molar-refractivity contribution in [2.24, 2.45) is 5.73 Å². The number of hydrogen-bond donors (Lipinski definition) is 3. The Morgan fingerprint density at radius 2 is 2.12 bits per heavy atom. The first-order valence-corrected chi connectivity index (χ1v) is 5.96. The minimum Gasteiger partial charge on any atom is -0.389 e. The Balaban J connectivity index is 2.09. The van der Waals surface area contributed by atoms with Crippen molar-refractivity contribution in [1.82, 2.24) is 0 Å². The predicted octanol–water partition coefficient (Wildman–Crippen LogP) is 2.03. The molecule has 3 heteroatoms. The van der Waals surface area contributed by atoms with Crippen molar-refractivity contribution in [2.75, 3.05) is 5.32 Å². The second-order valence-electron chi connectivity index (χ2n) is 4.68. The molecule has 1 fully saturated rings. The van der Waals surface area contributed by atoms with Gasteiger partial charge in [0.25, 0.3) is 0 Å². The average molecular weight is 220 g/mol. The van der Waals surface area contributed by atoms with Gasteiger partial charge in [-0.15, -0.1) is 0 Å². The first-order chi connectivity index (χ1) is 7.66. The second-order valence-corrected chi connectivity index (χ2v) is 4.68. The lowest BCUT2D eigenvalue weighted by molar-refractivity contribution is 0.200. The number of anilines is 1. The molecule has 3 atom stereocenters. The Bertz CT molecular complexity index is 352. The maximum atomic E-state index is 9.67. The zero-order chi connectivity index (χ0) is 11.5. The Kier molecular flexibility index (Phi) is 3.46. The van der Waals surface area contributed by atoms with Crippen molar-refractivity contribution in [3.8, 4) is 0 Å². The molecule has 1 saturated carbocycles. The van der Waals surface area contributed by atoms with Gasteiger partial charge >= 0.3 is 0 Å². The summed E-state index contributed by atoms with van der Waals surface area (Å²) in [6.07, 6.45) is 2.80. The van der Waals surface area contributed by atoms with Gasteiger partial charge in [-0.3, -0.25) is 0 Å². The fraction of sp³-hybridized carbons (Fsp3) is 0.538. The molecular formula is C13H20N2O. The number of rotatable bonds is 3. The van der Waals surface area contributed by atoms with E-state index in [4.69, 9.17) is 5.73 Å². The summed E-state index contributed by atoms with van der Waals surface area (Å²) in [5.74, 6) is 0. The molecule has 0 saturated heterocycles. The van der Waals surface area contributed by atoms with Gasteiger partial charge in [0.15, 0.2) is 0 Å². The molecule has 2 rings (SSSR count). The molecule has 4 N–H and O–H groups in total. The molecule has 3 nitrogen and oxygen atoms in total. The lowest BCUT2D eigenvalue weighted by atomic mass is 10.1. The average Bonchev–Trinajstić information content (AvgIpc) is 2.64. The summed E-state index contributed by atoms with van der Waals surface area (Å²) < 4.78 is 0. The van der Waals surface area contributed by atoms with E-state index in [0.717, 1.165) is 30.5 Å². The number of nitrogens with two attached hydrogens (primary N) is 1. The van der Waals surface area contributed by atoms with Gasteiger partial charge in [0.05, 0.1) is 6.10 Å². The van der Waals surface area contributed by atoms with Crippen molar-refractivity contribution in [3.63, 3.8) is 0 Å². The zero-order valence-corrected chi connectivity index (χ0v) is 9.69. The van der Waals surface area contributed by atoms with Gasteiger partial charge in [-0.05, 0) is 32.3 Å². The maximum Gasteiger partial charge on any atom is 0.0781 e. The van der Waals surface area contributed by atoms with E-state index in [0.29, 0.717) is 12.1 Å². The summed E-state index contributed by atoms with van der Waals surface area (Å²) in [6.45, 7) is 1.79. The van der Waals surface area contributed by atoms with Gasteiger partial charge in [0, 0.05) is 23.3 Å². The summed E-state index contributed by atoms with van der Waals surface area (Å²) in [7, 11) is 0. The van der Waals surface area contributed by atoms with Crippen molar-refractivity contribution in [2.45, 2.75) is 44.4 Å². The van der Waals surface area contributed by atoms with Crippen LogP contribution < -0.4 is 11.1 Å². The summed E-state index contributed by atoms with van der Waals surface area (Å²) in [5, 5.41) is 13.1. The molecule has 1 aromatic carbocycles. The van der Waals surface area contributed by atoms with Crippen LogP contribution in [0.3, 0.4) is 0 Å². The van der Waals surface area contributed by atoms with Crippen molar-refractivity contribution in [1.29, 1.82) is 0 Å². The van der Waals surface area contributed by atoms with E-state index in [1.165, 1.54) is 0 Å². The van der Waals surface area contributed by atoms with Crippen LogP contribution in [0, 0.1) is 0 Å². The van der Waals surface area contributed by atoms with Gasteiger partial charge in [-0.25, -0.2) is 0 Å². The smallest absolute Gasteiger partial charge is 0.0781 e. The Morgan fingerprint density at radius 1 is 1.38 bits per heavy atom. The SMILES string of the molecule is CC(O)c1ccccc1NC1CCC(N)C1. The first-order valence-electron chi connectivity index (χ1n) is 5.96. The highest BCUT2D eigenvalue weighted by atomic mass is 16.3. The summed E-state index contributed by atoms with van der Waals surface area (Å²) in [6, 6.07) is 8.70. The van der Waals surface area contributed by atoms with Crippen LogP contribution in [-0.2, 0) is 0 Å². The fourth-order valence-corrected chi connectivity index (χ4v) is 2.36. The van der Waals surface area contributed by atoms with Crippen LogP contribution in [0.25, 0.3) is 0 Å².